The average Bonchev–Trinajstić information content (AvgIpc) is 3.43. The van der Waals surface area contributed by atoms with Crippen LogP contribution in [0.5, 0.6) is 0 Å². The molecular weight excluding hydrogens is 450 g/mol. The Labute approximate surface area is 204 Å². The number of amides is 2. The lowest BCUT2D eigenvalue weighted by atomic mass is 9.98. The highest BCUT2D eigenvalue weighted by atomic mass is 16.5. The molecule has 0 bridgehead atoms. The standard InChI is InChI=1S/C26H31N3O6/c1-29(2)14-22(25(31)32)28-24(30)23-16(11-12-34-23)13-27-26(33)35-15-21-19-9-5-3-7-17(19)18-8-4-6-10-20(18)21/h3-10,16,21-23H,11-15H2,1-2H3,(H,27,33)(H,28,30)(H,31,32). The fourth-order valence-electron chi connectivity index (χ4n) is 4.80. The van der Waals surface area contributed by atoms with Crippen LogP contribution in [0.2, 0.25) is 0 Å². The van der Waals surface area contributed by atoms with Gasteiger partial charge in [0.25, 0.3) is 0 Å². The van der Waals surface area contributed by atoms with Crippen molar-refractivity contribution in [1.29, 1.82) is 0 Å². The van der Waals surface area contributed by atoms with Crippen LogP contribution in [0, 0.1) is 5.92 Å². The van der Waals surface area contributed by atoms with E-state index in [-0.39, 0.29) is 31.5 Å². The van der Waals surface area contributed by atoms with Gasteiger partial charge in [-0.3, -0.25) is 4.79 Å². The summed E-state index contributed by atoms with van der Waals surface area (Å²) in [4.78, 5) is 38.3. The van der Waals surface area contributed by atoms with E-state index in [2.05, 4.69) is 34.9 Å². The lowest BCUT2D eigenvalue weighted by molar-refractivity contribution is -0.144. The van der Waals surface area contributed by atoms with E-state index in [4.69, 9.17) is 9.47 Å². The van der Waals surface area contributed by atoms with Gasteiger partial charge in [0.1, 0.15) is 18.8 Å². The van der Waals surface area contributed by atoms with Gasteiger partial charge in [-0.05, 0) is 42.8 Å². The van der Waals surface area contributed by atoms with Gasteiger partial charge in [-0.1, -0.05) is 48.5 Å². The third-order valence-corrected chi connectivity index (χ3v) is 6.49. The molecule has 3 atom stereocenters. The average molecular weight is 482 g/mol. The number of benzene rings is 2. The second-order valence-corrected chi connectivity index (χ2v) is 9.21. The number of ether oxygens (including phenoxy) is 2. The number of carbonyl (C=O) groups is 3. The second kappa shape index (κ2) is 10.9. The lowest BCUT2D eigenvalue weighted by Crippen LogP contribution is -2.51. The quantitative estimate of drug-likeness (QED) is 0.502. The Kier molecular flexibility index (Phi) is 7.67. The summed E-state index contributed by atoms with van der Waals surface area (Å²) < 4.78 is 11.1. The van der Waals surface area contributed by atoms with Crippen molar-refractivity contribution in [2.24, 2.45) is 5.92 Å². The Bertz CT molecular complexity index is 1040. The summed E-state index contributed by atoms with van der Waals surface area (Å²) in [5.74, 6) is -1.91. The Morgan fingerprint density at radius 3 is 2.31 bits per heavy atom. The molecule has 1 aliphatic carbocycles. The molecule has 0 radical (unpaired) electrons. The summed E-state index contributed by atoms with van der Waals surface area (Å²) >= 11 is 0. The monoisotopic (exact) mass is 481 g/mol. The minimum atomic E-state index is -1.11. The van der Waals surface area contributed by atoms with Crippen molar-refractivity contribution in [3.05, 3.63) is 59.7 Å². The smallest absolute Gasteiger partial charge is 0.407 e. The number of carboxylic acid groups (broad SMARTS) is 1. The molecule has 1 fully saturated rings. The minimum Gasteiger partial charge on any atom is -0.480 e. The topological polar surface area (TPSA) is 117 Å². The number of nitrogens with one attached hydrogen (secondary N) is 2. The number of hydrogen-bond acceptors (Lipinski definition) is 6. The molecule has 1 saturated heterocycles. The summed E-state index contributed by atoms with van der Waals surface area (Å²) in [6, 6.07) is 15.2. The van der Waals surface area contributed by atoms with Gasteiger partial charge >= 0.3 is 12.1 Å². The highest BCUT2D eigenvalue weighted by Gasteiger charge is 2.36. The van der Waals surface area contributed by atoms with E-state index in [9.17, 15) is 19.5 Å². The van der Waals surface area contributed by atoms with Crippen LogP contribution >= 0.6 is 0 Å². The van der Waals surface area contributed by atoms with Gasteiger partial charge in [-0.2, -0.15) is 0 Å². The predicted molar refractivity (Wildman–Crippen MR) is 129 cm³/mol. The molecule has 2 aliphatic rings. The molecule has 2 aromatic carbocycles. The number of carbonyl (C=O) groups excluding carboxylic acids is 2. The zero-order valence-electron chi connectivity index (χ0n) is 19.9. The van der Waals surface area contributed by atoms with Crippen molar-refractivity contribution in [2.75, 3.05) is 40.4 Å². The number of alkyl carbamates (subject to hydrolysis) is 1. The number of fused-ring (bicyclic) bond motifs is 3. The first-order valence-corrected chi connectivity index (χ1v) is 11.7. The van der Waals surface area contributed by atoms with Crippen LogP contribution in [0.15, 0.2) is 48.5 Å². The molecule has 0 saturated carbocycles. The van der Waals surface area contributed by atoms with Crippen LogP contribution in [-0.4, -0.2) is 80.5 Å². The Morgan fingerprint density at radius 1 is 1.09 bits per heavy atom. The number of aliphatic carboxylic acids is 1. The SMILES string of the molecule is CN(C)CC(NC(=O)C1OCCC1CNC(=O)OCC1c2ccccc2-c2ccccc21)C(=O)O. The van der Waals surface area contributed by atoms with Crippen LogP contribution in [0.3, 0.4) is 0 Å². The van der Waals surface area contributed by atoms with E-state index in [1.165, 1.54) is 0 Å². The molecule has 1 heterocycles. The fraction of sp³-hybridized carbons (Fsp3) is 0.423. The highest BCUT2D eigenvalue weighted by Crippen LogP contribution is 2.44. The fourth-order valence-corrected chi connectivity index (χ4v) is 4.80. The molecule has 35 heavy (non-hydrogen) atoms. The Morgan fingerprint density at radius 2 is 1.71 bits per heavy atom. The summed E-state index contributed by atoms with van der Waals surface area (Å²) in [6.07, 6.45) is -0.811. The van der Waals surface area contributed by atoms with Crippen LogP contribution in [0.25, 0.3) is 11.1 Å². The second-order valence-electron chi connectivity index (χ2n) is 9.21. The number of carboxylic acids is 1. The number of likely N-dealkylation sites (N-methyl/N-ethyl adjacent to an activating group) is 1. The zero-order chi connectivity index (χ0) is 24.9. The molecule has 2 amide bonds. The van der Waals surface area contributed by atoms with Gasteiger partial charge in [0.05, 0.1) is 0 Å². The molecule has 0 spiro atoms. The van der Waals surface area contributed by atoms with Crippen molar-refractivity contribution < 1.29 is 29.0 Å². The summed E-state index contributed by atoms with van der Waals surface area (Å²) in [5, 5.41) is 14.7. The first kappa shape index (κ1) is 24.7. The van der Waals surface area contributed by atoms with E-state index < -0.39 is 30.1 Å². The molecule has 2 aromatic rings. The van der Waals surface area contributed by atoms with Gasteiger partial charge in [0, 0.05) is 31.5 Å². The molecular formula is C26H31N3O6. The van der Waals surface area contributed by atoms with Crippen molar-refractivity contribution in [3.63, 3.8) is 0 Å². The molecule has 3 N–H and O–H groups in total. The molecule has 186 valence electrons. The van der Waals surface area contributed by atoms with Crippen molar-refractivity contribution >= 4 is 18.0 Å². The van der Waals surface area contributed by atoms with Crippen molar-refractivity contribution in [2.45, 2.75) is 24.5 Å². The van der Waals surface area contributed by atoms with Gasteiger partial charge in [-0.15, -0.1) is 0 Å². The molecule has 1 aliphatic heterocycles. The Balaban J connectivity index is 1.30. The molecule has 0 aromatic heterocycles. The lowest BCUT2D eigenvalue weighted by Gasteiger charge is -2.23. The molecule has 9 heteroatoms. The van der Waals surface area contributed by atoms with E-state index in [1.54, 1.807) is 19.0 Å². The maximum atomic E-state index is 12.7. The van der Waals surface area contributed by atoms with E-state index in [0.717, 1.165) is 22.3 Å². The van der Waals surface area contributed by atoms with Crippen LogP contribution < -0.4 is 10.6 Å². The molecule has 3 unspecified atom stereocenters. The van der Waals surface area contributed by atoms with Gasteiger partial charge in [0.2, 0.25) is 5.91 Å². The summed E-state index contributed by atoms with van der Waals surface area (Å²) in [6.45, 7) is 0.924. The minimum absolute atomic E-state index is 0.0360. The largest absolute Gasteiger partial charge is 0.480 e. The van der Waals surface area contributed by atoms with Crippen molar-refractivity contribution in [1.82, 2.24) is 15.5 Å². The molecule has 4 rings (SSSR count). The van der Waals surface area contributed by atoms with Crippen LogP contribution in [0.1, 0.15) is 23.5 Å². The van der Waals surface area contributed by atoms with Crippen LogP contribution in [-0.2, 0) is 19.1 Å². The highest BCUT2D eigenvalue weighted by molar-refractivity contribution is 5.87. The third kappa shape index (κ3) is 5.63. The van der Waals surface area contributed by atoms with Crippen LogP contribution in [0.4, 0.5) is 4.79 Å². The predicted octanol–water partition coefficient (Wildman–Crippen LogP) is 2.06. The first-order valence-electron chi connectivity index (χ1n) is 11.7. The molecule has 9 nitrogen and oxygen atoms in total. The van der Waals surface area contributed by atoms with Gasteiger partial charge < -0.3 is 30.1 Å². The first-order chi connectivity index (χ1) is 16.8. The zero-order valence-corrected chi connectivity index (χ0v) is 19.9. The number of rotatable bonds is 9. The van der Waals surface area contributed by atoms with Gasteiger partial charge in [0.15, 0.2) is 0 Å². The van der Waals surface area contributed by atoms with Gasteiger partial charge in [-0.25, -0.2) is 9.59 Å². The number of hydrogen-bond donors (Lipinski definition) is 3. The van der Waals surface area contributed by atoms with Crippen molar-refractivity contribution in [3.8, 4) is 11.1 Å². The van der Waals surface area contributed by atoms with E-state index in [0.29, 0.717) is 13.0 Å². The van der Waals surface area contributed by atoms with E-state index >= 15 is 0 Å². The van der Waals surface area contributed by atoms with E-state index in [1.807, 2.05) is 24.3 Å². The third-order valence-electron chi connectivity index (χ3n) is 6.49. The maximum Gasteiger partial charge on any atom is 0.407 e. The normalized spacial score (nSPS) is 19.6. The maximum absolute atomic E-state index is 12.7. The summed E-state index contributed by atoms with van der Waals surface area (Å²) in [5.41, 5.74) is 4.58. The number of nitrogens with zero attached hydrogens (tertiary/aromatic N) is 1. The Hall–Kier alpha value is -3.43. The summed E-state index contributed by atoms with van der Waals surface area (Å²) in [7, 11) is 3.46.